The van der Waals surface area contributed by atoms with E-state index >= 15 is 0 Å². The largest absolute Gasteiger partial charge is 0.484 e. The zero-order chi connectivity index (χ0) is 14.0. The number of anilines is 1. The zero-order valence-corrected chi connectivity index (χ0v) is 12.4. The molecule has 0 saturated carbocycles. The van der Waals surface area contributed by atoms with E-state index in [0.717, 1.165) is 5.56 Å². The van der Waals surface area contributed by atoms with Gasteiger partial charge in [-0.05, 0) is 30.7 Å². The summed E-state index contributed by atoms with van der Waals surface area (Å²) in [5, 5.41) is 1.22. The smallest absolute Gasteiger partial charge is 0.140 e. The van der Waals surface area contributed by atoms with E-state index < -0.39 is 0 Å². The fourth-order valence-corrected chi connectivity index (χ4v) is 2.25. The van der Waals surface area contributed by atoms with Crippen LogP contribution in [0.5, 0.6) is 5.75 Å². The van der Waals surface area contributed by atoms with Gasteiger partial charge in [-0.15, -0.1) is 0 Å². The predicted molar refractivity (Wildman–Crippen MR) is 81.4 cm³/mol. The zero-order valence-electron chi connectivity index (χ0n) is 10.2. The SMILES string of the molecule is CC(Oc1cc(Cl)c(Cl)cc1Cl)c1cccc(N)c1. The van der Waals surface area contributed by atoms with Gasteiger partial charge in [-0.3, -0.25) is 0 Å². The van der Waals surface area contributed by atoms with Crippen molar-refractivity contribution >= 4 is 40.5 Å². The van der Waals surface area contributed by atoms with Gasteiger partial charge in [0.15, 0.2) is 0 Å². The molecular weight excluding hydrogens is 305 g/mol. The van der Waals surface area contributed by atoms with Crippen molar-refractivity contribution < 1.29 is 4.74 Å². The van der Waals surface area contributed by atoms with Gasteiger partial charge in [-0.25, -0.2) is 0 Å². The molecule has 2 aromatic carbocycles. The minimum Gasteiger partial charge on any atom is -0.484 e. The quantitative estimate of drug-likeness (QED) is 0.610. The molecule has 0 spiro atoms. The average Bonchev–Trinajstić information content (AvgIpc) is 2.36. The lowest BCUT2D eigenvalue weighted by Crippen LogP contribution is -2.04. The molecule has 1 atom stereocenters. The lowest BCUT2D eigenvalue weighted by atomic mass is 10.1. The van der Waals surface area contributed by atoms with Crippen LogP contribution in [-0.4, -0.2) is 0 Å². The minimum absolute atomic E-state index is 0.196. The maximum absolute atomic E-state index is 6.07. The van der Waals surface area contributed by atoms with Crippen molar-refractivity contribution in [2.75, 3.05) is 5.73 Å². The van der Waals surface area contributed by atoms with Crippen LogP contribution in [-0.2, 0) is 0 Å². The molecule has 0 aromatic heterocycles. The van der Waals surface area contributed by atoms with E-state index in [2.05, 4.69) is 0 Å². The normalized spacial score (nSPS) is 12.2. The summed E-state index contributed by atoms with van der Waals surface area (Å²) in [6.07, 6.45) is -0.196. The Hall–Kier alpha value is -1.09. The molecule has 2 N–H and O–H groups in total. The second-order valence-electron chi connectivity index (χ2n) is 4.13. The number of nitrogen functional groups attached to an aromatic ring is 1. The van der Waals surface area contributed by atoms with Gasteiger partial charge in [0.05, 0.1) is 15.1 Å². The van der Waals surface area contributed by atoms with Crippen LogP contribution in [0.1, 0.15) is 18.6 Å². The maximum atomic E-state index is 6.07. The number of nitrogens with two attached hydrogens (primary N) is 1. The van der Waals surface area contributed by atoms with Crippen LogP contribution in [0.2, 0.25) is 15.1 Å². The Kier molecular flexibility index (Phi) is 4.46. The van der Waals surface area contributed by atoms with Crippen molar-refractivity contribution in [3.63, 3.8) is 0 Å². The first-order chi connectivity index (χ1) is 8.97. The molecule has 19 heavy (non-hydrogen) atoms. The second kappa shape index (κ2) is 5.91. The molecule has 0 fully saturated rings. The van der Waals surface area contributed by atoms with Crippen molar-refractivity contribution in [1.29, 1.82) is 0 Å². The maximum Gasteiger partial charge on any atom is 0.140 e. The number of rotatable bonds is 3. The molecule has 5 heteroatoms. The Balaban J connectivity index is 2.24. The van der Waals surface area contributed by atoms with Crippen LogP contribution in [0.3, 0.4) is 0 Å². The summed E-state index contributed by atoms with van der Waals surface area (Å²) in [4.78, 5) is 0. The highest BCUT2D eigenvalue weighted by atomic mass is 35.5. The van der Waals surface area contributed by atoms with Gasteiger partial charge in [-0.2, -0.15) is 0 Å². The number of hydrogen-bond donors (Lipinski definition) is 1. The number of hydrogen-bond acceptors (Lipinski definition) is 2. The average molecular weight is 317 g/mol. The molecule has 0 aliphatic carbocycles. The molecule has 0 aliphatic heterocycles. The summed E-state index contributed by atoms with van der Waals surface area (Å²) in [5.41, 5.74) is 7.39. The third-order valence-corrected chi connectivity index (χ3v) is 3.68. The van der Waals surface area contributed by atoms with Crippen LogP contribution in [0, 0.1) is 0 Å². The highest BCUT2D eigenvalue weighted by Crippen LogP contribution is 2.36. The van der Waals surface area contributed by atoms with Crippen molar-refractivity contribution in [2.45, 2.75) is 13.0 Å². The van der Waals surface area contributed by atoms with Crippen molar-refractivity contribution in [2.24, 2.45) is 0 Å². The van der Waals surface area contributed by atoms with Crippen molar-refractivity contribution in [3.8, 4) is 5.75 Å². The molecule has 2 rings (SSSR count). The summed E-state index contributed by atoms with van der Waals surface area (Å²) < 4.78 is 5.79. The summed E-state index contributed by atoms with van der Waals surface area (Å²) in [7, 11) is 0. The number of ether oxygens (including phenoxy) is 1. The van der Waals surface area contributed by atoms with E-state index in [-0.39, 0.29) is 6.10 Å². The van der Waals surface area contributed by atoms with Gasteiger partial charge in [0.2, 0.25) is 0 Å². The van der Waals surface area contributed by atoms with E-state index in [1.54, 1.807) is 12.1 Å². The van der Waals surface area contributed by atoms with Crippen LogP contribution in [0.15, 0.2) is 36.4 Å². The van der Waals surface area contributed by atoms with Crippen LogP contribution in [0.25, 0.3) is 0 Å². The standard InChI is InChI=1S/C14H12Cl3NO/c1-8(9-3-2-4-10(18)5-9)19-14-7-12(16)11(15)6-13(14)17/h2-8H,18H2,1H3. The van der Waals surface area contributed by atoms with Crippen LogP contribution >= 0.6 is 34.8 Å². The molecule has 0 heterocycles. The summed E-state index contributed by atoms with van der Waals surface area (Å²) in [6, 6.07) is 10.7. The molecule has 0 bridgehead atoms. The van der Waals surface area contributed by atoms with Crippen molar-refractivity contribution in [1.82, 2.24) is 0 Å². The molecule has 0 amide bonds. The van der Waals surface area contributed by atoms with E-state index in [1.165, 1.54) is 0 Å². The first-order valence-corrected chi connectivity index (χ1v) is 6.77. The highest BCUT2D eigenvalue weighted by molar-refractivity contribution is 6.43. The number of halogens is 3. The van der Waals surface area contributed by atoms with Gasteiger partial charge >= 0.3 is 0 Å². The Morgan fingerprint density at radius 1 is 1.00 bits per heavy atom. The Bertz CT molecular complexity index is 601. The number of benzene rings is 2. The fourth-order valence-electron chi connectivity index (χ4n) is 1.66. The lowest BCUT2D eigenvalue weighted by Gasteiger charge is -2.17. The van der Waals surface area contributed by atoms with E-state index in [4.69, 9.17) is 45.3 Å². The summed E-state index contributed by atoms with van der Waals surface area (Å²) >= 11 is 17.9. The van der Waals surface area contributed by atoms with Crippen LogP contribution < -0.4 is 10.5 Å². The Morgan fingerprint density at radius 2 is 1.68 bits per heavy atom. The van der Waals surface area contributed by atoms with E-state index in [9.17, 15) is 0 Å². The van der Waals surface area contributed by atoms with E-state index in [0.29, 0.717) is 26.5 Å². The summed E-state index contributed by atoms with van der Waals surface area (Å²) in [6.45, 7) is 1.91. The molecular formula is C14H12Cl3NO. The van der Waals surface area contributed by atoms with Crippen molar-refractivity contribution in [3.05, 3.63) is 57.0 Å². The van der Waals surface area contributed by atoms with E-state index in [1.807, 2.05) is 31.2 Å². The van der Waals surface area contributed by atoms with Crippen LogP contribution in [0.4, 0.5) is 5.69 Å². The third-order valence-electron chi connectivity index (χ3n) is 2.66. The Labute approximate surface area is 127 Å². The molecule has 0 aliphatic rings. The highest BCUT2D eigenvalue weighted by Gasteiger charge is 2.12. The molecule has 1 unspecified atom stereocenters. The molecule has 0 radical (unpaired) electrons. The lowest BCUT2D eigenvalue weighted by molar-refractivity contribution is 0.227. The molecule has 2 nitrogen and oxygen atoms in total. The first kappa shape index (κ1) is 14.3. The van der Waals surface area contributed by atoms with Gasteiger partial charge < -0.3 is 10.5 Å². The fraction of sp³-hybridized carbons (Fsp3) is 0.143. The Morgan fingerprint density at radius 3 is 2.37 bits per heavy atom. The van der Waals surface area contributed by atoms with Gasteiger partial charge in [-0.1, -0.05) is 46.9 Å². The minimum atomic E-state index is -0.196. The summed E-state index contributed by atoms with van der Waals surface area (Å²) in [5.74, 6) is 0.492. The first-order valence-electron chi connectivity index (χ1n) is 5.64. The molecule has 2 aromatic rings. The molecule has 100 valence electrons. The molecule has 0 saturated heterocycles. The monoisotopic (exact) mass is 315 g/mol. The van der Waals surface area contributed by atoms with Gasteiger partial charge in [0, 0.05) is 11.8 Å². The second-order valence-corrected chi connectivity index (χ2v) is 5.35. The van der Waals surface area contributed by atoms with Gasteiger partial charge in [0.25, 0.3) is 0 Å². The van der Waals surface area contributed by atoms with Gasteiger partial charge in [0.1, 0.15) is 11.9 Å². The predicted octanol–water partition coefficient (Wildman–Crippen LogP) is 5.37. The third kappa shape index (κ3) is 3.47. The topological polar surface area (TPSA) is 35.2 Å².